The fraction of sp³-hybridized carbons (Fsp3) is 0.286. The zero-order chi connectivity index (χ0) is 24.5. The van der Waals surface area contributed by atoms with Crippen LogP contribution in [0.3, 0.4) is 0 Å². The number of anilines is 1. The largest absolute Gasteiger partial charge is 0.457 e. The molecule has 2 fully saturated rings. The van der Waals surface area contributed by atoms with Gasteiger partial charge >= 0.3 is 0 Å². The SMILES string of the molecule is O=C1CC(N2CCN(Cc3ccc4c(c3)OCO4)CC2)C(=O)N1c1ccc(Oc2ccccc2)cc1. The Balaban J connectivity index is 1.06. The number of para-hydroxylation sites is 1. The number of hydrogen-bond acceptors (Lipinski definition) is 7. The number of hydrogen-bond donors (Lipinski definition) is 0. The molecule has 1 atom stereocenters. The van der Waals surface area contributed by atoms with E-state index < -0.39 is 6.04 Å². The predicted molar refractivity (Wildman–Crippen MR) is 133 cm³/mol. The average Bonchev–Trinajstić information content (AvgIpc) is 3.49. The van der Waals surface area contributed by atoms with Gasteiger partial charge in [0.05, 0.1) is 18.2 Å². The molecule has 1 unspecified atom stereocenters. The van der Waals surface area contributed by atoms with E-state index in [0.29, 0.717) is 11.4 Å². The van der Waals surface area contributed by atoms with Gasteiger partial charge in [-0.3, -0.25) is 19.4 Å². The van der Waals surface area contributed by atoms with Gasteiger partial charge in [-0.15, -0.1) is 0 Å². The lowest BCUT2D eigenvalue weighted by molar-refractivity contribution is -0.123. The van der Waals surface area contributed by atoms with Crippen LogP contribution in [0.1, 0.15) is 12.0 Å². The Morgan fingerprint density at radius 2 is 1.53 bits per heavy atom. The molecule has 0 aliphatic carbocycles. The highest BCUT2D eigenvalue weighted by atomic mass is 16.7. The van der Waals surface area contributed by atoms with Crippen LogP contribution in [0.25, 0.3) is 0 Å². The molecule has 0 radical (unpaired) electrons. The number of amides is 2. The van der Waals surface area contributed by atoms with Crippen LogP contribution in [-0.2, 0) is 16.1 Å². The molecule has 36 heavy (non-hydrogen) atoms. The average molecular weight is 486 g/mol. The van der Waals surface area contributed by atoms with Crippen LogP contribution in [0.2, 0.25) is 0 Å². The number of ether oxygens (including phenoxy) is 3. The van der Waals surface area contributed by atoms with E-state index in [1.807, 2.05) is 42.5 Å². The molecule has 6 rings (SSSR count). The highest BCUT2D eigenvalue weighted by Gasteiger charge is 2.43. The molecule has 8 heteroatoms. The fourth-order valence-electron chi connectivity index (χ4n) is 4.99. The lowest BCUT2D eigenvalue weighted by atomic mass is 10.1. The summed E-state index contributed by atoms with van der Waals surface area (Å²) in [6, 6.07) is 22.2. The van der Waals surface area contributed by atoms with Gasteiger partial charge < -0.3 is 14.2 Å². The van der Waals surface area contributed by atoms with Crippen LogP contribution in [0.5, 0.6) is 23.0 Å². The number of carbonyl (C=O) groups excluding carboxylic acids is 2. The van der Waals surface area contributed by atoms with E-state index in [1.54, 1.807) is 24.3 Å². The molecule has 2 amide bonds. The maximum atomic E-state index is 13.3. The van der Waals surface area contributed by atoms with Crippen LogP contribution in [0.15, 0.2) is 72.8 Å². The second-order valence-corrected chi connectivity index (χ2v) is 9.20. The molecule has 3 aromatic rings. The van der Waals surface area contributed by atoms with E-state index in [-0.39, 0.29) is 25.0 Å². The summed E-state index contributed by atoms with van der Waals surface area (Å²) in [5.41, 5.74) is 1.75. The molecule has 0 saturated carbocycles. The normalized spacial score (nSPS) is 20.2. The van der Waals surface area contributed by atoms with E-state index in [1.165, 1.54) is 10.5 Å². The first kappa shape index (κ1) is 22.6. The zero-order valence-corrected chi connectivity index (χ0v) is 19.8. The Bertz CT molecular complexity index is 1260. The summed E-state index contributed by atoms with van der Waals surface area (Å²) in [6.07, 6.45) is 0.212. The summed E-state index contributed by atoms with van der Waals surface area (Å²) in [6.45, 7) is 4.23. The van der Waals surface area contributed by atoms with E-state index in [2.05, 4.69) is 15.9 Å². The van der Waals surface area contributed by atoms with Gasteiger partial charge in [-0.2, -0.15) is 0 Å². The molecule has 3 aromatic carbocycles. The Hall–Kier alpha value is -3.88. The van der Waals surface area contributed by atoms with Gasteiger partial charge in [-0.25, -0.2) is 4.90 Å². The summed E-state index contributed by atoms with van der Waals surface area (Å²) in [5, 5.41) is 0. The van der Waals surface area contributed by atoms with Gasteiger partial charge in [0.25, 0.3) is 5.91 Å². The third-order valence-corrected chi connectivity index (χ3v) is 6.89. The van der Waals surface area contributed by atoms with E-state index in [0.717, 1.165) is 50.0 Å². The molecule has 184 valence electrons. The van der Waals surface area contributed by atoms with Gasteiger partial charge in [-0.05, 0) is 54.1 Å². The topological polar surface area (TPSA) is 71.6 Å². The number of imide groups is 1. The molecule has 3 heterocycles. The van der Waals surface area contributed by atoms with Crippen molar-refractivity contribution in [1.29, 1.82) is 0 Å². The van der Waals surface area contributed by atoms with Crippen molar-refractivity contribution in [2.45, 2.75) is 19.0 Å². The minimum Gasteiger partial charge on any atom is -0.457 e. The van der Waals surface area contributed by atoms with E-state index >= 15 is 0 Å². The number of nitrogens with zero attached hydrogens (tertiary/aromatic N) is 3. The number of carbonyl (C=O) groups is 2. The number of benzene rings is 3. The standard InChI is InChI=1S/C28H27N3O5/c32-27-17-24(28(33)31(27)21-7-9-23(10-8-21)36-22-4-2-1-3-5-22)30-14-12-29(13-15-30)18-20-6-11-25-26(16-20)35-19-34-25/h1-11,16,24H,12-15,17-19H2. The summed E-state index contributed by atoms with van der Waals surface area (Å²) >= 11 is 0. The number of rotatable bonds is 6. The molecule has 8 nitrogen and oxygen atoms in total. The Morgan fingerprint density at radius 3 is 2.31 bits per heavy atom. The Morgan fingerprint density at radius 1 is 0.806 bits per heavy atom. The third kappa shape index (κ3) is 4.53. The smallest absolute Gasteiger partial charge is 0.251 e. The number of fused-ring (bicyclic) bond motifs is 1. The first-order valence-electron chi connectivity index (χ1n) is 12.2. The van der Waals surface area contributed by atoms with Gasteiger partial charge in [-0.1, -0.05) is 24.3 Å². The van der Waals surface area contributed by atoms with Crippen molar-refractivity contribution < 1.29 is 23.8 Å². The lowest BCUT2D eigenvalue weighted by Crippen LogP contribution is -2.52. The molecule has 0 spiro atoms. The fourth-order valence-corrected chi connectivity index (χ4v) is 4.99. The molecule has 0 aromatic heterocycles. The van der Waals surface area contributed by atoms with Crippen molar-refractivity contribution >= 4 is 17.5 Å². The van der Waals surface area contributed by atoms with Crippen LogP contribution in [-0.4, -0.2) is 60.6 Å². The molecule has 2 saturated heterocycles. The highest BCUT2D eigenvalue weighted by Crippen LogP contribution is 2.33. The molecule has 0 N–H and O–H groups in total. The lowest BCUT2D eigenvalue weighted by Gasteiger charge is -2.37. The van der Waals surface area contributed by atoms with Crippen LogP contribution >= 0.6 is 0 Å². The van der Waals surface area contributed by atoms with Gasteiger partial charge in [0.2, 0.25) is 12.7 Å². The molecular weight excluding hydrogens is 458 g/mol. The minimum atomic E-state index is -0.412. The van der Waals surface area contributed by atoms with Crippen molar-refractivity contribution in [2.24, 2.45) is 0 Å². The summed E-state index contributed by atoms with van der Waals surface area (Å²) in [7, 11) is 0. The summed E-state index contributed by atoms with van der Waals surface area (Å²) in [4.78, 5) is 31.9. The van der Waals surface area contributed by atoms with Crippen molar-refractivity contribution in [2.75, 3.05) is 37.9 Å². The Labute approximate surface area is 209 Å². The Kier molecular flexibility index (Phi) is 6.04. The van der Waals surface area contributed by atoms with E-state index in [9.17, 15) is 9.59 Å². The highest BCUT2D eigenvalue weighted by molar-refractivity contribution is 6.22. The predicted octanol–water partition coefficient (Wildman–Crippen LogP) is 3.66. The third-order valence-electron chi connectivity index (χ3n) is 6.89. The van der Waals surface area contributed by atoms with Crippen LogP contribution < -0.4 is 19.1 Å². The summed E-state index contributed by atoms with van der Waals surface area (Å²) in [5.74, 6) is 2.65. The van der Waals surface area contributed by atoms with Crippen molar-refractivity contribution in [3.8, 4) is 23.0 Å². The van der Waals surface area contributed by atoms with Crippen molar-refractivity contribution in [3.63, 3.8) is 0 Å². The van der Waals surface area contributed by atoms with Gasteiger partial charge in [0.1, 0.15) is 11.5 Å². The first-order chi connectivity index (χ1) is 17.6. The van der Waals surface area contributed by atoms with Gasteiger partial charge in [0.15, 0.2) is 11.5 Å². The zero-order valence-electron chi connectivity index (χ0n) is 19.8. The minimum absolute atomic E-state index is 0.152. The maximum Gasteiger partial charge on any atom is 0.251 e. The van der Waals surface area contributed by atoms with Crippen LogP contribution in [0.4, 0.5) is 5.69 Å². The quantitative estimate of drug-likeness (QED) is 0.494. The maximum absolute atomic E-state index is 13.3. The molecule has 3 aliphatic rings. The molecular formula is C28H27N3O5. The second kappa shape index (κ2) is 9.64. The van der Waals surface area contributed by atoms with Crippen LogP contribution in [0, 0.1) is 0 Å². The number of piperazine rings is 1. The van der Waals surface area contributed by atoms with Crippen molar-refractivity contribution in [3.05, 3.63) is 78.4 Å². The van der Waals surface area contributed by atoms with Crippen molar-refractivity contribution in [1.82, 2.24) is 9.80 Å². The monoisotopic (exact) mass is 485 g/mol. The summed E-state index contributed by atoms with van der Waals surface area (Å²) < 4.78 is 16.7. The molecule has 0 bridgehead atoms. The van der Waals surface area contributed by atoms with Gasteiger partial charge in [0, 0.05) is 32.7 Å². The van der Waals surface area contributed by atoms with E-state index in [4.69, 9.17) is 14.2 Å². The second-order valence-electron chi connectivity index (χ2n) is 9.20. The molecule has 3 aliphatic heterocycles. The first-order valence-corrected chi connectivity index (χ1v) is 12.2.